The summed E-state index contributed by atoms with van der Waals surface area (Å²) in [4.78, 5) is 0. The molecule has 0 bridgehead atoms. The summed E-state index contributed by atoms with van der Waals surface area (Å²) >= 11 is 0. The fraction of sp³-hybridized carbons (Fsp3) is 1.00. The highest BCUT2D eigenvalue weighted by Crippen LogP contribution is 2.68. The zero-order valence-corrected chi connectivity index (χ0v) is 22.6. The number of hydrogen-bond donors (Lipinski definition) is 0. The van der Waals surface area contributed by atoms with Gasteiger partial charge in [-0.25, -0.2) is 0 Å². The molecular formula is C17H13F25O3Si. The van der Waals surface area contributed by atoms with Crippen LogP contribution in [0.15, 0.2) is 0 Å². The van der Waals surface area contributed by atoms with Gasteiger partial charge in [-0.05, 0) is 0 Å². The minimum Gasteiger partial charge on any atom is -0.377 e. The molecule has 0 radical (unpaired) electrons. The molecule has 0 saturated carbocycles. The predicted octanol–water partition coefficient (Wildman–Crippen LogP) is 8.81. The highest BCUT2D eigenvalue weighted by molar-refractivity contribution is 6.60. The molecule has 0 unspecified atom stereocenters. The van der Waals surface area contributed by atoms with E-state index in [0.717, 1.165) is 0 Å². The SMILES string of the molecule is CO[Si](CCC(F)(F)C(F)(F)C(F)(F)C(F)(F)C(F)(F)C(F)(F)C(F)(F)C(F)(F)C(F)(F)C(F)(F)C(F)(F)C(F)(F)F)(OC)OC. The van der Waals surface area contributed by atoms with Gasteiger partial charge < -0.3 is 13.3 Å². The van der Waals surface area contributed by atoms with Crippen molar-refractivity contribution in [2.45, 2.75) is 83.8 Å². The van der Waals surface area contributed by atoms with E-state index in [-0.39, 0.29) is 0 Å². The van der Waals surface area contributed by atoms with Crippen molar-refractivity contribution in [1.29, 1.82) is 0 Å². The molecule has 0 amide bonds. The summed E-state index contributed by atoms with van der Waals surface area (Å²) in [5.41, 5.74) is 0. The van der Waals surface area contributed by atoms with E-state index in [2.05, 4.69) is 13.3 Å². The molecule has 0 spiro atoms. The van der Waals surface area contributed by atoms with Crippen LogP contribution >= 0.6 is 0 Å². The topological polar surface area (TPSA) is 27.7 Å². The molecule has 0 aromatic carbocycles. The molecule has 0 aromatic rings. The molecule has 0 atom stereocenters. The predicted molar refractivity (Wildman–Crippen MR) is 96.7 cm³/mol. The lowest BCUT2D eigenvalue weighted by Crippen LogP contribution is -2.78. The third-order valence-electron chi connectivity index (χ3n) is 6.04. The monoisotopic (exact) mass is 768 g/mol. The summed E-state index contributed by atoms with van der Waals surface area (Å²) in [6.45, 7) is 0. The van der Waals surface area contributed by atoms with Crippen molar-refractivity contribution < 1.29 is 123 Å². The number of alkyl halides is 25. The normalized spacial score (nSPS) is 16.7. The van der Waals surface area contributed by atoms with Crippen molar-refractivity contribution in [3.63, 3.8) is 0 Å². The first-order valence-corrected chi connectivity index (χ1v) is 12.5. The fourth-order valence-corrected chi connectivity index (χ4v) is 4.74. The second kappa shape index (κ2) is 11.7. The van der Waals surface area contributed by atoms with E-state index in [1.54, 1.807) is 0 Å². The van der Waals surface area contributed by atoms with Gasteiger partial charge in [0.25, 0.3) is 0 Å². The maximum atomic E-state index is 14.0. The first-order valence-electron chi connectivity index (χ1n) is 10.5. The molecule has 0 rings (SSSR count). The summed E-state index contributed by atoms with van der Waals surface area (Å²) in [6, 6.07) is -1.86. The molecule has 0 saturated heterocycles. The van der Waals surface area contributed by atoms with E-state index >= 15 is 0 Å². The van der Waals surface area contributed by atoms with E-state index in [9.17, 15) is 110 Å². The molecule has 0 aromatic heterocycles. The molecule has 0 heterocycles. The molecule has 46 heavy (non-hydrogen) atoms. The van der Waals surface area contributed by atoms with Gasteiger partial charge in [0.15, 0.2) is 0 Å². The van der Waals surface area contributed by atoms with Gasteiger partial charge in [0, 0.05) is 33.8 Å². The summed E-state index contributed by atoms with van der Waals surface area (Å²) < 4.78 is 350. The van der Waals surface area contributed by atoms with Gasteiger partial charge in [0.05, 0.1) is 0 Å². The lowest BCUT2D eigenvalue weighted by Gasteiger charge is -2.45. The minimum atomic E-state index is -9.62. The van der Waals surface area contributed by atoms with Gasteiger partial charge in [0.1, 0.15) is 0 Å². The molecule has 0 fully saturated rings. The minimum absolute atomic E-state index is 0.514. The van der Waals surface area contributed by atoms with Gasteiger partial charge in [-0.15, -0.1) is 0 Å². The van der Waals surface area contributed by atoms with Gasteiger partial charge in [-0.2, -0.15) is 110 Å². The number of rotatable bonds is 16. The van der Waals surface area contributed by atoms with Crippen molar-refractivity contribution >= 4 is 8.80 Å². The lowest BCUT2D eigenvalue weighted by atomic mass is 9.84. The van der Waals surface area contributed by atoms with Gasteiger partial charge in [0.2, 0.25) is 0 Å². The highest BCUT2D eigenvalue weighted by Gasteiger charge is 2.99. The third kappa shape index (κ3) is 5.63. The second-order valence-electron chi connectivity index (χ2n) is 8.74. The third-order valence-corrected chi connectivity index (χ3v) is 8.77. The maximum absolute atomic E-state index is 14.0. The van der Waals surface area contributed by atoms with Crippen LogP contribution < -0.4 is 0 Å². The van der Waals surface area contributed by atoms with Crippen molar-refractivity contribution in [3.05, 3.63) is 0 Å². The Morgan fingerprint density at radius 2 is 0.522 bits per heavy atom. The van der Waals surface area contributed by atoms with Crippen molar-refractivity contribution in [3.8, 4) is 0 Å². The standard InChI is InChI=1S/C17H13F25O3Si/c1-43-46(44-2,45-3)5-4-6(18,19)7(20,21)8(22,23)9(24,25)10(26,27)11(28,29)12(30,31)13(32,33)14(34,35)15(36,37)16(38,39)17(40,41)42/h4-5H2,1-3H3. The molecule has 0 aliphatic rings. The largest absolute Gasteiger partial charge is 0.500 e. The van der Waals surface area contributed by atoms with E-state index in [1.165, 1.54) is 0 Å². The van der Waals surface area contributed by atoms with Gasteiger partial charge >= 0.3 is 80.1 Å². The Morgan fingerprint density at radius 1 is 0.326 bits per heavy atom. The van der Waals surface area contributed by atoms with Crippen LogP contribution in [-0.4, -0.2) is 101 Å². The Hall–Kier alpha value is -1.65. The summed E-state index contributed by atoms with van der Waals surface area (Å²) in [6.07, 6.45) is -11.2. The number of halogens is 25. The summed E-state index contributed by atoms with van der Waals surface area (Å²) in [5, 5.41) is 0. The van der Waals surface area contributed by atoms with Crippen LogP contribution in [0.5, 0.6) is 0 Å². The van der Waals surface area contributed by atoms with Crippen LogP contribution in [0.2, 0.25) is 6.04 Å². The quantitative estimate of drug-likeness (QED) is 0.116. The number of hydrogen-bond acceptors (Lipinski definition) is 3. The van der Waals surface area contributed by atoms with Gasteiger partial charge in [-0.3, -0.25) is 0 Å². The van der Waals surface area contributed by atoms with Crippen molar-refractivity contribution in [2.75, 3.05) is 21.3 Å². The van der Waals surface area contributed by atoms with E-state index in [0.29, 0.717) is 21.3 Å². The Labute approximate surface area is 238 Å². The zero-order chi connectivity index (χ0) is 38.0. The smallest absolute Gasteiger partial charge is 0.377 e. The van der Waals surface area contributed by atoms with Crippen LogP contribution in [0.25, 0.3) is 0 Å². The molecule has 0 aliphatic heterocycles. The van der Waals surface area contributed by atoms with Crippen LogP contribution in [0.1, 0.15) is 6.42 Å². The van der Waals surface area contributed by atoms with Gasteiger partial charge in [-0.1, -0.05) is 0 Å². The van der Waals surface area contributed by atoms with E-state index in [4.69, 9.17) is 0 Å². The second-order valence-corrected chi connectivity index (χ2v) is 11.8. The molecule has 0 N–H and O–H groups in total. The summed E-state index contributed by atoms with van der Waals surface area (Å²) in [5.74, 6) is -98.6. The Balaban J connectivity index is 7.22. The van der Waals surface area contributed by atoms with E-state index in [1.807, 2.05) is 0 Å². The average molecular weight is 768 g/mol. The first kappa shape index (κ1) is 44.3. The fourth-order valence-electron chi connectivity index (χ4n) is 3.01. The van der Waals surface area contributed by atoms with E-state index < -0.39 is 92.6 Å². The highest BCUT2D eigenvalue weighted by atomic mass is 28.4. The zero-order valence-electron chi connectivity index (χ0n) is 21.6. The Bertz CT molecular complexity index is 1050. The lowest BCUT2D eigenvalue weighted by molar-refractivity contribution is -0.482. The molecule has 0 aliphatic carbocycles. The van der Waals surface area contributed by atoms with Crippen molar-refractivity contribution in [1.82, 2.24) is 0 Å². The van der Waals surface area contributed by atoms with Crippen LogP contribution in [0, 0.1) is 0 Å². The Morgan fingerprint density at radius 3 is 0.717 bits per heavy atom. The average Bonchev–Trinajstić information content (AvgIpc) is 2.87. The molecule has 278 valence electrons. The van der Waals surface area contributed by atoms with Crippen LogP contribution in [-0.2, 0) is 13.3 Å². The molecule has 3 nitrogen and oxygen atoms in total. The van der Waals surface area contributed by atoms with Crippen molar-refractivity contribution in [2.24, 2.45) is 0 Å². The molecule has 29 heteroatoms. The maximum Gasteiger partial charge on any atom is 0.500 e. The summed E-state index contributed by atoms with van der Waals surface area (Å²) in [7, 11) is -3.09. The van der Waals surface area contributed by atoms with Crippen LogP contribution in [0.4, 0.5) is 110 Å². The first-order chi connectivity index (χ1) is 19.6. The van der Waals surface area contributed by atoms with Crippen LogP contribution in [0.3, 0.4) is 0 Å². The Kier molecular flexibility index (Phi) is 11.3. The molecular weight excluding hydrogens is 755 g/mol.